The molecular weight excluding hydrogens is 238 g/mol. The molecule has 104 valence electrons. The van der Waals surface area contributed by atoms with E-state index < -0.39 is 5.97 Å². The first-order valence-electron chi connectivity index (χ1n) is 6.06. The summed E-state index contributed by atoms with van der Waals surface area (Å²) in [6.45, 7) is 3.54. The minimum atomic E-state index is -0.465. The van der Waals surface area contributed by atoms with Crippen molar-refractivity contribution in [2.75, 3.05) is 40.5 Å². The highest BCUT2D eigenvalue weighted by Gasteiger charge is 2.33. The summed E-state index contributed by atoms with van der Waals surface area (Å²) in [4.78, 5) is 24.7. The zero-order chi connectivity index (χ0) is 13.5. The maximum absolute atomic E-state index is 11.7. The van der Waals surface area contributed by atoms with E-state index in [1.807, 2.05) is 4.90 Å². The largest absolute Gasteiger partial charge is 0.466 e. The average molecular weight is 259 g/mol. The van der Waals surface area contributed by atoms with Crippen LogP contribution < -0.4 is 0 Å². The highest BCUT2D eigenvalue weighted by molar-refractivity contribution is 5.96. The van der Waals surface area contributed by atoms with E-state index in [0.29, 0.717) is 19.7 Å². The van der Waals surface area contributed by atoms with E-state index in [1.54, 1.807) is 21.1 Å². The van der Waals surface area contributed by atoms with Crippen LogP contribution in [0, 0.1) is 0 Å². The van der Waals surface area contributed by atoms with Crippen molar-refractivity contribution in [1.29, 1.82) is 0 Å². The molecule has 1 rings (SSSR count). The number of carbonyl (C=O) groups is 2. The van der Waals surface area contributed by atoms with Crippen LogP contribution in [0.3, 0.4) is 0 Å². The Hall–Kier alpha value is -0.980. The maximum atomic E-state index is 11.7. The van der Waals surface area contributed by atoms with Crippen molar-refractivity contribution < 1.29 is 23.8 Å². The van der Waals surface area contributed by atoms with Crippen molar-refractivity contribution in [3.8, 4) is 0 Å². The molecule has 0 spiro atoms. The van der Waals surface area contributed by atoms with Gasteiger partial charge in [0.15, 0.2) is 5.78 Å². The van der Waals surface area contributed by atoms with Crippen LogP contribution in [-0.2, 0) is 23.8 Å². The Morgan fingerprint density at radius 2 is 1.72 bits per heavy atom. The van der Waals surface area contributed by atoms with Gasteiger partial charge in [-0.25, -0.2) is 0 Å². The maximum Gasteiger partial charge on any atom is 0.313 e. The molecule has 0 saturated carbocycles. The third-order valence-corrected chi connectivity index (χ3v) is 2.94. The lowest BCUT2D eigenvalue weighted by Gasteiger charge is -2.13. The summed E-state index contributed by atoms with van der Waals surface area (Å²) in [5, 5.41) is 0. The highest BCUT2D eigenvalue weighted by Crippen LogP contribution is 2.15. The topological polar surface area (TPSA) is 65.1 Å². The van der Waals surface area contributed by atoms with Crippen LogP contribution in [0.2, 0.25) is 0 Å². The predicted molar refractivity (Wildman–Crippen MR) is 64.3 cm³/mol. The number of likely N-dealkylation sites (tertiary alicyclic amines) is 1. The first kappa shape index (κ1) is 15.1. The SMILES string of the molecule is CCOC(=O)CC(=O)CN1CC(OC)C(OC)C1. The van der Waals surface area contributed by atoms with E-state index in [-0.39, 0.29) is 31.0 Å². The lowest BCUT2D eigenvalue weighted by Crippen LogP contribution is -2.30. The van der Waals surface area contributed by atoms with Crippen molar-refractivity contribution >= 4 is 11.8 Å². The molecule has 0 amide bonds. The number of ketones is 1. The second-order valence-electron chi connectivity index (χ2n) is 4.26. The van der Waals surface area contributed by atoms with Gasteiger partial charge in [0, 0.05) is 27.3 Å². The van der Waals surface area contributed by atoms with Crippen LogP contribution >= 0.6 is 0 Å². The number of Topliss-reactive ketones (excluding diaryl/α,β-unsaturated/α-hetero) is 1. The monoisotopic (exact) mass is 259 g/mol. The van der Waals surface area contributed by atoms with Gasteiger partial charge in [-0.05, 0) is 6.92 Å². The van der Waals surface area contributed by atoms with Gasteiger partial charge in [0.1, 0.15) is 6.42 Å². The zero-order valence-corrected chi connectivity index (χ0v) is 11.2. The lowest BCUT2D eigenvalue weighted by atomic mass is 10.2. The average Bonchev–Trinajstić information content (AvgIpc) is 2.71. The number of hydrogen-bond acceptors (Lipinski definition) is 6. The molecule has 2 atom stereocenters. The molecule has 6 nitrogen and oxygen atoms in total. The molecule has 0 aliphatic carbocycles. The van der Waals surface area contributed by atoms with Gasteiger partial charge in [-0.3, -0.25) is 14.5 Å². The van der Waals surface area contributed by atoms with Gasteiger partial charge in [-0.2, -0.15) is 0 Å². The molecule has 18 heavy (non-hydrogen) atoms. The van der Waals surface area contributed by atoms with Gasteiger partial charge in [0.05, 0.1) is 25.4 Å². The van der Waals surface area contributed by atoms with Crippen molar-refractivity contribution in [3.05, 3.63) is 0 Å². The molecular formula is C12H21NO5. The Kier molecular flexibility index (Phi) is 6.24. The Bertz CT molecular complexity index is 282. The Balaban J connectivity index is 2.35. The van der Waals surface area contributed by atoms with E-state index in [2.05, 4.69) is 0 Å². The number of ether oxygens (including phenoxy) is 3. The van der Waals surface area contributed by atoms with E-state index in [1.165, 1.54) is 0 Å². The Labute approximate surface area is 107 Å². The van der Waals surface area contributed by atoms with E-state index in [0.717, 1.165) is 0 Å². The number of rotatable bonds is 7. The molecule has 1 saturated heterocycles. The Morgan fingerprint density at radius 1 is 1.17 bits per heavy atom. The Morgan fingerprint density at radius 3 is 2.17 bits per heavy atom. The summed E-state index contributed by atoms with van der Waals surface area (Å²) in [6, 6.07) is 0. The van der Waals surface area contributed by atoms with Crippen molar-refractivity contribution in [2.45, 2.75) is 25.6 Å². The molecule has 1 heterocycles. The fourth-order valence-electron chi connectivity index (χ4n) is 2.08. The molecule has 0 bridgehead atoms. The number of esters is 1. The number of carbonyl (C=O) groups excluding carboxylic acids is 2. The number of nitrogens with zero attached hydrogens (tertiary/aromatic N) is 1. The predicted octanol–water partition coefficient (Wildman–Crippen LogP) is -0.146. The molecule has 1 aliphatic rings. The van der Waals surface area contributed by atoms with E-state index in [9.17, 15) is 9.59 Å². The molecule has 0 aromatic heterocycles. The summed E-state index contributed by atoms with van der Waals surface area (Å²) in [5.41, 5.74) is 0. The molecule has 0 N–H and O–H groups in total. The first-order chi connectivity index (χ1) is 8.60. The van der Waals surface area contributed by atoms with Crippen LogP contribution in [-0.4, -0.2) is 69.3 Å². The normalized spacial score (nSPS) is 24.2. The molecule has 6 heteroatoms. The second kappa shape index (κ2) is 7.45. The standard InChI is InChI=1S/C12H21NO5/c1-4-18-12(15)5-9(14)6-13-7-10(16-2)11(8-13)17-3/h10-11H,4-8H2,1-3H3. The van der Waals surface area contributed by atoms with E-state index >= 15 is 0 Å². The summed E-state index contributed by atoms with van der Waals surface area (Å²) in [7, 11) is 3.25. The molecule has 1 fully saturated rings. The molecule has 0 aromatic rings. The fourth-order valence-corrected chi connectivity index (χ4v) is 2.08. The van der Waals surface area contributed by atoms with Crippen LogP contribution in [0.5, 0.6) is 0 Å². The summed E-state index contributed by atoms with van der Waals surface area (Å²) >= 11 is 0. The number of hydrogen-bond donors (Lipinski definition) is 0. The molecule has 1 aliphatic heterocycles. The second-order valence-corrected chi connectivity index (χ2v) is 4.26. The van der Waals surface area contributed by atoms with Crippen LogP contribution in [0.25, 0.3) is 0 Å². The first-order valence-corrected chi connectivity index (χ1v) is 6.06. The molecule has 2 unspecified atom stereocenters. The minimum Gasteiger partial charge on any atom is -0.466 e. The van der Waals surface area contributed by atoms with Crippen molar-refractivity contribution in [3.63, 3.8) is 0 Å². The van der Waals surface area contributed by atoms with Crippen LogP contribution in [0.1, 0.15) is 13.3 Å². The van der Waals surface area contributed by atoms with Crippen LogP contribution in [0.15, 0.2) is 0 Å². The van der Waals surface area contributed by atoms with Gasteiger partial charge in [-0.1, -0.05) is 0 Å². The van der Waals surface area contributed by atoms with Crippen molar-refractivity contribution in [1.82, 2.24) is 4.90 Å². The zero-order valence-electron chi connectivity index (χ0n) is 11.2. The van der Waals surface area contributed by atoms with Gasteiger partial charge in [0.25, 0.3) is 0 Å². The quantitative estimate of drug-likeness (QED) is 0.468. The van der Waals surface area contributed by atoms with Gasteiger partial charge in [-0.15, -0.1) is 0 Å². The summed E-state index contributed by atoms with van der Waals surface area (Å²) in [5.74, 6) is -0.603. The highest BCUT2D eigenvalue weighted by atomic mass is 16.5. The van der Waals surface area contributed by atoms with Gasteiger partial charge >= 0.3 is 5.97 Å². The smallest absolute Gasteiger partial charge is 0.313 e. The summed E-state index contributed by atoms with van der Waals surface area (Å²) < 4.78 is 15.3. The third kappa shape index (κ3) is 4.36. The minimum absolute atomic E-state index is 0.0228. The third-order valence-electron chi connectivity index (χ3n) is 2.94. The van der Waals surface area contributed by atoms with Gasteiger partial charge < -0.3 is 14.2 Å². The van der Waals surface area contributed by atoms with Crippen molar-refractivity contribution in [2.24, 2.45) is 0 Å². The number of methoxy groups -OCH3 is 2. The fraction of sp³-hybridized carbons (Fsp3) is 0.833. The lowest BCUT2D eigenvalue weighted by molar-refractivity contribution is -0.145. The molecule has 0 aromatic carbocycles. The van der Waals surface area contributed by atoms with E-state index in [4.69, 9.17) is 14.2 Å². The summed E-state index contributed by atoms with van der Waals surface area (Å²) in [6.07, 6.45) is -0.213. The van der Waals surface area contributed by atoms with Crippen LogP contribution in [0.4, 0.5) is 0 Å². The molecule has 0 radical (unpaired) electrons. The van der Waals surface area contributed by atoms with Gasteiger partial charge in [0.2, 0.25) is 0 Å².